The van der Waals surface area contributed by atoms with Crippen LogP contribution in [0.1, 0.15) is 36.0 Å². The Bertz CT molecular complexity index is 591. The molecular weight excluding hydrogens is 384 g/mol. The maximum Gasteiger partial charge on any atom is 0.410 e. The molecule has 1 saturated heterocycles. The minimum atomic E-state index is -0.478. The van der Waals surface area contributed by atoms with Crippen molar-refractivity contribution in [3.63, 3.8) is 0 Å². The highest BCUT2D eigenvalue weighted by atomic mass is 79.9. The minimum Gasteiger partial charge on any atom is -0.465 e. The molecule has 0 aromatic carbocycles. The summed E-state index contributed by atoms with van der Waals surface area (Å²) in [6.07, 6.45) is -0.287. The largest absolute Gasteiger partial charge is 0.465 e. The number of rotatable bonds is 4. The van der Waals surface area contributed by atoms with Gasteiger partial charge in [-0.05, 0) is 42.8 Å². The number of methoxy groups -OCH3 is 1. The van der Waals surface area contributed by atoms with E-state index in [4.69, 9.17) is 9.47 Å². The van der Waals surface area contributed by atoms with Crippen LogP contribution in [0.25, 0.3) is 0 Å². The van der Waals surface area contributed by atoms with E-state index < -0.39 is 5.60 Å². The smallest absolute Gasteiger partial charge is 0.410 e. The standard InChI is InChI=1S/C15H21BrN2O4S/c1-15(2,3)22-14(20)18-7-9(8-18)17-6-11-10(13(19)21-4)5-12(16)23-11/h5,9,17H,6-8H2,1-4H3. The normalized spacial score (nSPS) is 15.3. The summed E-state index contributed by atoms with van der Waals surface area (Å²) in [6, 6.07) is 1.97. The summed E-state index contributed by atoms with van der Waals surface area (Å²) in [5.74, 6) is -0.340. The van der Waals surface area contributed by atoms with Crippen molar-refractivity contribution in [2.45, 2.75) is 39.0 Å². The lowest BCUT2D eigenvalue weighted by Crippen LogP contribution is -2.60. The van der Waals surface area contributed by atoms with Gasteiger partial charge in [0.25, 0.3) is 0 Å². The van der Waals surface area contributed by atoms with Crippen molar-refractivity contribution in [1.29, 1.82) is 0 Å². The van der Waals surface area contributed by atoms with Gasteiger partial charge < -0.3 is 19.7 Å². The number of nitrogens with one attached hydrogen (secondary N) is 1. The molecule has 1 aliphatic rings. The molecule has 0 unspecified atom stereocenters. The Morgan fingerprint density at radius 3 is 2.65 bits per heavy atom. The average molecular weight is 405 g/mol. The molecule has 2 rings (SSSR count). The fourth-order valence-corrected chi connectivity index (χ4v) is 3.77. The van der Waals surface area contributed by atoms with E-state index in [1.807, 2.05) is 20.8 Å². The van der Waals surface area contributed by atoms with Gasteiger partial charge in [-0.3, -0.25) is 0 Å². The van der Waals surface area contributed by atoms with E-state index >= 15 is 0 Å². The average Bonchev–Trinajstić information content (AvgIpc) is 2.75. The fourth-order valence-electron chi connectivity index (χ4n) is 2.13. The highest BCUT2D eigenvalue weighted by Gasteiger charge is 2.33. The van der Waals surface area contributed by atoms with Crippen molar-refractivity contribution in [3.05, 3.63) is 20.3 Å². The molecule has 0 radical (unpaired) electrons. The first kappa shape index (κ1) is 18.2. The third-order valence-electron chi connectivity index (χ3n) is 3.27. The molecular formula is C15H21BrN2O4S. The van der Waals surface area contributed by atoms with Crippen LogP contribution in [-0.4, -0.2) is 48.8 Å². The molecule has 8 heteroatoms. The Kier molecular flexibility index (Phi) is 5.70. The molecule has 1 aliphatic heterocycles. The van der Waals surface area contributed by atoms with Gasteiger partial charge in [0.15, 0.2) is 0 Å². The minimum absolute atomic E-state index is 0.203. The van der Waals surface area contributed by atoms with Crippen LogP contribution in [0.4, 0.5) is 4.79 Å². The van der Waals surface area contributed by atoms with Crippen molar-refractivity contribution in [1.82, 2.24) is 10.2 Å². The van der Waals surface area contributed by atoms with Gasteiger partial charge in [0.1, 0.15) is 5.60 Å². The van der Waals surface area contributed by atoms with E-state index in [1.54, 1.807) is 11.0 Å². The number of hydrogen-bond donors (Lipinski definition) is 1. The number of esters is 1. The SMILES string of the molecule is COC(=O)c1cc(Br)sc1CNC1CN(C(=O)OC(C)(C)C)C1. The lowest BCUT2D eigenvalue weighted by Gasteiger charge is -2.40. The summed E-state index contributed by atoms with van der Waals surface area (Å²) in [7, 11) is 1.37. The maximum atomic E-state index is 11.9. The van der Waals surface area contributed by atoms with Crippen LogP contribution in [0.5, 0.6) is 0 Å². The topological polar surface area (TPSA) is 67.9 Å². The molecule has 128 valence electrons. The number of hydrogen-bond acceptors (Lipinski definition) is 6. The second-order valence-corrected chi connectivity index (χ2v) is 8.86. The van der Waals surface area contributed by atoms with Gasteiger partial charge in [-0.2, -0.15) is 0 Å². The van der Waals surface area contributed by atoms with Crippen LogP contribution in [0.3, 0.4) is 0 Å². The highest BCUT2D eigenvalue weighted by Crippen LogP contribution is 2.28. The summed E-state index contributed by atoms with van der Waals surface area (Å²) in [4.78, 5) is 26.2. The molecule has 2 heterocycles. The monoisotopic (exact) mass is 404 g/mol. The van der Waals surface area contributed by atoms with Crippen LogP contribution in [0.15, 0.2) is 9.85 Å². The van der Waals surface area contributed by atoms with Gasteiger partial charge in [-0.25, -0.2) is 9.59 Å². The Labute approximate surface area is 148 Å². The summed E-state index contributed by atoms with van der Waals surface area (Å²) in [5, 5.41) is 3.35. The molecule has 1 amide bonds. The quantitative estimate of drug-likeness (QED) is 0.781. The number of likely N-dealkylation sites (tertiary alicyclic amines) is 1. The molecule has 0 aliphatic carbocycles. The molecule has 1 aromatic rings. The maximum absolute atomic E-state index is 11.9. The fraction of sp³-hybridized carbons (Fsp3) is 0.600. The first-order valence-electron chi connectivity index (χ1n) is 7.27. The van der Waals surface area contributed by atoms with E-state index in [0.717, 1.165) is 8.66 Å². The number of ether oxygens (including phenoxy) is 2. The van der Waals surface area contributed by atoms with Gasteiger partial charge in [-0.1, -0.05) is 0 Å². The molecule has 6 nitrogen and oxygen atoms in total. The lowest BCUT2D eigenvalue weighted by molar-refractivity contribution is 0.00521. The second kappa shape index (κ2) is 7.19. The van der Waals surface area contributed by atoms with E-state index in [-0.39, 0.29) is 18.1 Å². The predicted octanol–water partition coefficient (Wildman–Crippen LogP) is 3.01. The third kappa shape index (κ3) is 4.92. The number of carbonyl (C=O) groups excluding carboxylic acids is 2. The first-order valence-corrected chi connectivity index (χ1v) is 8.88. The Balaban J connectivity index is 1.81. The molecule has 0 atom stereocenters. The zero-order valence-electron chi connectivity index (χ0n) is 13.6. The van der Waals surface area contributed by atoms with Crippen molar-refractivity contribution >= 4 is 39.3 Å². The molecule has 23 heavy (non-hydrogen) atoms. The Morgan fingerprint density at radius 1 is 1.43 bits per heavy atom. The lowest BCUT2D eigenvalue weighted by atomic mass is 10.1. The summed E-state index contributed by atoms with van der Waals surface area (Å²) < 4.78 is 11.0. The number of amides is 1. The Morgan fingerprint density at radius 2 is 2.09 bits per heavy atom. The van der Waals surface area contributed by atoms with E-state index in [9.17, 15) is 9.59 Å². The van der Waals surface area contributed by atoms with Gasteiger partial charge in [0.05, 0.1) is 16.5 Å². The third-order valence-corrected chi connectivity index (χ3v) is 4.91. The highest BCUT2D eigenvalue weighted by molar-refractivity contribution is 9.11. The van der Waals surface area contributed by atoms with Gasteiger partial charge in [-0.15, -0.1) is 11.3 Å². The molecule has 0 spiro atoms. The predicted molar refractivity (Wildman–Crippen MR) is 91.8 cm³/mol. The molecule has 0 saturated carbocycles. The zero-order valence-corrected chi connectivity index (χ0v) is 16.0. The van der Waals surface area contributed by atoms with Crippen LogP contribution < -0.4 is 5.32 Å². The van der Waals surface area contributed by atoms with Gasteiger partial charge in [0, 0.05) is 30.6 Å². The van der Waals surface area contributed by atoms with Crippen molar-refractivity contribution in [2.24, 2.45) is 0 Å². The molecule has 0 bridgehead atoms. The van der Waals surface area contributed by atoms with E-state index in [1.165, 1.54) is 18.4 Å². The number of thiophene rings is 1. The van der Waals surface area contributed by atoms with Gasteiger partial charge >= 0.3 is 12.1 Å². The van der Waals surface area contributed by atoms with Crippen molar-refractivity contribution in [2.75, 3.05) is 20.2 Å². The van der Waals surface area contributed by atoms with Crippen molar-refractivity contribution in [3.8, 4) is 0 Å². The summed E-state index contributed by atoms with van der Waals surface area (Å²) in [5.41, 5.74) is 0.0917. The van der Waals surface area contributed by atoms with Crippen LogP contribution in [0.2, 0.25) is 0 Å². The van der Waals surface area contributed by atoms with Gasteiger partial charge in [0.2, 0.25) is 0 Å². The van der Waals surface area contributed by atoms with Crippen LogP contribution in [0, 0.1) is 0 Å². The van der Waals surface area contributed by atoms with Crippen LogP contribution >= 0.6 is 27.3 Å². The van der Waals surface area contributed by atoms with E-state index in [2.05, 4.69) is 21.2 Å². The number of carbonyl (C=O) groups is 2. The first-order chi connectivity index (χ1) is 10.7. The summed E-state index contributed by atoms with van der Waals surface area (Å²) in [6.45, 7) is 7.33. The number of nitrogens with zero attached hydrogens (tertiary/aromatic N) is 1. The molecule has 1 fully saturated rings. The van der Waals surface area contributed by atoms with Crippen molar-refractivity contribution < 1.29 is 19.1 Å². The number of halogens is 1. The zero-order chi connectivity index (χ0) is 17.2. The van der Waals surface area contributed by atoms with E-state index in [0.29, 0.717) is 25.2 Å². The van der Waals surface area contributed by atoms with Crippen LogP contribution in [-0.2, 0) is 16.0 Å². The Hall–Kier alpha value is -1.12. The second-order valence-electron chi connectivity index (χ2n) is 6.34. The summed E-state index contributed by atoms with van der Waals surface area (Å²) >= 11 is 4.89. The molecule has 1 N–H and O–H groups in total. The molecule has 1 aromatic heterocycles.